The fraction of sp³-hybridized carbons (Fsp3) is 0.647. The number of benzene rings is 1. The second-order valence-corrected chi connectivity index (χ2v) is 6.61. The maximum Gasteiger partial charge on any atom is 0.123 e. The summed E-state index contributed by atoms with van der Waals surface area (Å²) in [6, 6.07) is 7.55. The fourth-order valence-electron chi connectivity index (χ4n) is 3.54. The van der Waals surface area contributed by atoms with Crippen LogP contribution in [0.5, 0.6) is 0 Å². The maximum atomic E-state index is 13.6. The number of rotatable bonds is 5. The molecular formula is C17H26FN3O. The normalized spacial score (nSPS) is 27.9. The van der Waals surface area contributed by atoms with Gasteiger partial charge in [0.2, 0.25) is 0 Å². The van der Waals surface area contributed by atoms with Crippen LogP contribution in [0.3, 0.4) is 0 Å². The smallest absolute Gasteiger partial charge is 0.123 e. The highest BCUT2D eigenvalue weighted by molar-refractivity contribution is 5.27. The van der Waals surface area contributed by atoms with Crippen molar-refractivity contribution in [2.75, 3.05) is 32.8 Å². The lowest BCUT2D eigenvalue weighted by Gasteiger charge is -2.38. The molecule has 0 saturated carbocycles. The second kappa shape index (κ2) is 7.04. The molecule has 4 nitrogen and oxygen atoms in total. The molecule has 2 atom stereocenters. The third-order valence-electron chi connectivity index (χ3n) is 5.16. The van der Waals surface area contributed by atoms with Crippen molar-refractivity contribution in [2.45, 2.75) is 31.2 Å². The predicted molar refractivity (Wildman–Crippen MR) is 85.1 cm³/mol. The van der Waals surface area contributed by atoms with Crippen molar-refractivity contribution in [1.82, 2.24) is 16.2 Å². The average molecular weight is 307 g/mol. The van der Waals surface area contributed by atoms with Crippen LogP contribution in [0.15, 0.2) is 24.3 Å². The van der Waals surface area contributed by atoms with Crippen LogP contribution in [0.4, 0.5) is 4.39 Å². The van der Waals surface area contributed by atoms with Gasteiger partial charge in [-0.25, -0.2) is 4.39 Å². The Kier molecular flexibility index (Phi) is 5.08. The van der Waals surface area contributed by atoms with E-state index in [-0.39, 0.29) is 11.2 Å². The van der Waals surface area contributed by atoms with Gasteiger partial charge in [0, 0.05) is 50.2 Å². The van der Waals surface area contributed by atoms with Gasteiger partial charge in [0.05, 0.1) is 0 Å². The molecule has 0 spiro atoms. The Labute approximate surface area is 131 Å². The van der Waals surface area contributed by atoms with Gasteiger partial charge in [-0.05, 0) is 37.5 Å². The highest BCUT2D eigenvalue weighted by Crippen LogP contribution is 2.34. The first-order chi connectivity index (χ1) is 10.7. The van der Waals surface area contributed by atoms with Gasteiger partial charge in [-0.2, -0.15) is 0 Å². The van der Waals surface area contributed by atoms with E-state index < -0.39 is 0 Å². The molecule has 2 saturated heterocycles. The monoisotopic (exact) mass is 307 g/mol. The number of halogens is 1. The zero-order chi connectivity index (χ0) is 15.4. The Morgan fingerprint density at radius 3 is 2.86 bits per heavy atom. The predicted octanol–water partition coefficient (Wildman–Crippen LogP) is 1.58. The fourth-order valence-corrected chi connectivity index (χ4v) is 3.54. The Morgan fingerprint density at radius 2 is 2.18 bits per heavy atom. The quantitative estimate of drug-likeness (QED) is 0.773. The highest BCUT2D eigenvalue weighted by atomic mass is 19.1. The van der Waals surface area contributed by atoms with Crippen LogP contribution in [0.2, 0.25) is 0 Å². The summed E-state index contributed by atoms with van der Waals surface area (Å²) in [5.41, 5.74) is 7.53. The number of hydrogen-bond donors (Lipinski definition) is 3. The summed E-state index contributed by atoms with van der Waals surface area (Å²) < 4.78 is 19.2. The largest absolute Gasteiger partial charge is 0.381 e. The molecule has 0 aliphatic carbocycles. The first kappa shape index (κ1) is 15.9. The first-order valence-corrected chi connectivity index (χ1v) is 8.22. The van der Waals surface area contributed by atoms with E-state index in [1.54, 1.807) is 6.07 Å². The van der Waals surface area contributed by atoms with Gasteiger partial charge in [0.1, 0.15) is 5.82 Å². The zero-order valence-corrected chi connectivity index (χ0v) is 13.2. The third kappa shape index (κ3) is 3.49. The van der Waals surface area contributed by atoms with Gasteiger partial charge in [0.15, 0.2) is 0 Å². The SMILES string of the molecule is CC1NNCC1CNCC1(c2cccc(F)c2)CCOCC1. The molecule has 2 fully saturated rings. The van der Waals surface area contributed by atoms with Crippen molar-refractivity contribution in [2.24, 2.45) is 5.92 Å². The van der Waals surface area contributed by atoms with Gasteiger partial charge in [0.25, 0.3) is 0 Å². The molecule has 0 radical (unpaired) electrons. The molecule has 0 aromatic heterocycles. The summed E-state index contributed by atoms with van der Waals surface area (Å²) in [7, 11) is 0. The lowest BCUT2D eigenvalue weighted by atomic mass is 9.74. The average Bonchev–Trinajstić information content (AvgIpc) is 2.94. The molecule has 0 bridgehead atoms. The van der Waals surface area contributed by atoms with E-state index in [4.69, 9.17) is 4.74 Å². The van der Waals surface area contributed by atoms with E-state index in [2.05, 4.69) is 29.2 Å². The summed E-state index contributed by atoms with van der Waals surface area (Å²) in [6.45, 7) is 6.54. The zero-order valence-electron chi connectivity index (χ0n) is 13.2. The maximum absolute atomic E-state index is 13.6. The van der Waals surface area contributed by atoms with Gasteiger partial charge < -0.3 is 10.1 Å². The Morgan fingerprint density at radius 1 is 1.36 bits per heavy atom. The Hall–Kier alpha value is -1.01. The number of hydrogen-bond acceptors (Lipinski definition) is 4. The van der Waals surface area contributed by atoms with Crippen LogP contribution in [0, 0.1) is 11.7 Å². The minimum Gasteiger partial charge on any atom is -0.381 e. The van der Waals surface area contributed by atoms with Crippen LogP contribution in [-0.4, -0.2) is 38.9 Å². The second-order valence-electron chi connectivity index (χ2n) is 6.61. The van der Waals surface area contributed by atoms with Crippen molar-refractivity contribution in [3.8, 4) is 0 Å². The Balaban J connectivity index is 1.67. The molecular weight excluding hydrogens is 281 g/mol. The molecule has 22 heavy (non-hydrogen) atoms. The summed E-state index contributed by atoms with van der Waals surface area (Å²) in [5, 5.41) is 3.63. The van der Waals surface area contributed by atoms with Crippen LogP contribution in [0.25, 0.3) is 0 Å². The number of nitrogens with one attached hydrogen (secondary N) is 3. The minimum atomic E-state index is -0.152. The Bertz CT molecular complexity index is 491. The third-order valence-corrected chi connectivity index (χ3v) is 5.16. The van der Waals surface area contributed by atoms with Crippen molar-refractivity contribution >= 4 is 0 Å². The summed E-state index contributed by atoms with van der Waals surface area (Å²) >= 11 is 0. The first-order valence-electron chi connectivity index (χ1n) is 8.22. The molecule has 5 heteroatoms. The molecule has 2 heterocycles. The van der Waals surface area contributed by atoms with Crippen molar-refractivity contribution in [1.29, 1.82) is 0 Å². The van der Waals surface area contributed by atoms with E-state index in [1.165, 1.54) is 6.07 Å². The van der Waals surface area contributed by atoms with Crippen LogP contribution < -0.4 is 16.2 Å². The molecule has 1 aromatic rings. The molecule has 3 N–H and O–H groups in total. The summed E-state index contributed by atoms with van der Waals surface area (Å²) in [4.78, 5) is 0. The summed E-state index contributed by atoms with van der Waals surface area (Å²) in [5.74, 6) is 0.436. The number of ether oxygens (including phenoxy) is 1. The molecule has 3 rings (SSSR count). The molecule has 1 aromatic carbocycles. The molecule has 2 unspecified atom stereocenters. The molecule has 122 valence electrons. The van der Waals surface area contributed by atoms with Crippen molar-refractivity contribution in [3.05, 3.63) is 35.6 Å². The van der Waals surface area contributed by atoms with Crippen molar-refractivity contribution in [3.63, 3.8) is 0 Å². The topological polar surface area (TPSA) is 45.3 Å². The van der Waals surface area contributed by atoms with Crippen LogP contribution >= 0.6 is 0 Å². The lowest BCUT2D eigenvalue weighted by molar-refractivity contribution is 0.0495. The minimum absolute atomic E-state index is 0.0109. The van der Waals surface area contributed by atoms with Gasteiger partial charge in [-0.15, -0.1) is 0 Å². The van der Waals surface area contributed by atoms with E-state index in [0.717, 1.165) is 51.3 Å². The van der Waals surface area contributed by atoms with Crippen LogP contribution in [0.1, 0.15) is 25.3 Å². The van der Waals surface area contributed by atoms with E-state index >= 15 is 0 Å². The standard InChI is InChI=1S/C17H26FN3O/c1-13-14(11-20-21-13)10-19-12-17(5-7-22-8-6-17)15-3-2-4-16(18)9-15/h2-4,9,13-14,19-21H,5-8,10-12H2,1H3. The van der Waals surface area contributed by atoms with Gasteiger partial charge >= 0.3 is 0 Å². The van der Waals surface area contributed by atoms with Crippen LogP contribution in [-0.2, 0) is 10.2 Å². The van der Waals surface area contributed by atoms with Gasteiger partial charge in [-0.1, -0.05) is 12.1 Å². The highest BCUT2D eigenvalue weighted by Gasteiger charge is 2.35. The van der Waals surface area contributed by atoms with E-state index in [1.807, 2.05) is 6.07 Å². The molecule has 2 aliphatic heterocycles. The lowest BCUT2D eigenvalue weighted by Crippen LogP contribution is -2.45. The molecule has 2 aliphatic rings. The van der Waals surface area contributed by atoms with Gasteiger partial charge in [-0.3, -0.25) is 10.9 Å². The summed E-state index contributed by atoms with van der Waals surface area (Å²) in [6.07, 6.45) is 1.89. The molecule has 0 amide bonds. The van der Waals surface area contributed by atoms with Crippen molar-refractivity contribution < 1.29 is 9.13 Å². The van der Waals surface area contributed by atoms with E-state index in [0.29, 0.717) is 12.0 Å². The van der Waals surface area contributed by atoms with E-state index in [9.17, 15) is 4.39 Å². The number of hydrazine groups is 1.